The maximum absolute atomic E-state index is 13.7. The van der Waals surface area contributed by atoms with Crippen molar-refractivity contribution < 1.29 is 146 Å². The Bertz CT molecular complexity index is 2850. The van der Waals surface area contributed by atoms with Gasteiger partial charge in [-0.2, -0.15) is 0 Å². The Morgan fingerprint density at radius 3 is 1.56 bits per heavy atom. The zero-order valence-electron chi connectivity index (χ0n) is 60.8. The number of carbonyl (C=O) groups excluding carboxylic acids is 2. The molecule has 30 nitrogen and oxygen atoms in total. The first-order valence-corrected chi connectivity index (χ1v) is 35.9. The third-order valence-electron chi connectivity index (χ3n) is 24.4. The van der Waals surface area contributed by atoms with E-state index < -0.39 is 220 Å². The Hall–Kier alpha value is -2.88. The lowest BCUT2D eigenvalue weighted by Crippen LogP contribution is -2.67. The molecule has 0 unspecified atom stereocenters. The monoisotopic (exact) mass is 1450 g/mol. The van der Waals surface area contributed by atoms with Gasteiger partial charge in [0.1, 0.15) is 110 Å². The van der Waals surface area contributed by atoms with E-state index in [1.807, 2.05) is 20.8 Å². The van der Waals surface area contributed by atoms with Gasteiger partial charge in [0.25, 0.3) is 0 Å². The van der Waals surface area contributed by atoms with Crippen LogP contribution in [0, 0.1) is 28.6 Å². The fourth-order valence-corrected chi connectivity index (χ4v) is 18.1. The quantitative estimate of drug-likeness (QED) is 0.0390. The van der Waals surface area contributed by atoms with E-state index in [1.165, 1.54) is 26.9 Å². The molecule has 0 spiro atoms. The van der Waals surface area contributed by atoms with Crippen molar-refractivity contribution in [2.75, 3.05) is 41.7 Å². The van der Waals surface area contributed by atoms with E-state index in [2.05, 4.69) is 13.0 Å². The van der Waals surface area contributed by atoms with Gasteiger partial charge in [-0.05, 0) is 125 Å². The number of hydrogen-bond acceptors (Lipinski definition) is 30. The maximum Gasteiger partial charge on any atom is 0.333 e. The average molecular weight is 1450 g/mol. The predicted octanol–water partition coefficient (Wildman–Crippen LogP) is 1.16. The molecule has 0 aromatic rings. The van der Waals surface area contributed by atoms with E-state index in [1.54, 1.807) is 67.7 Å². The summed E-state index contributed by atoms with van der Waals surface area (Å²) in [5.74, 6) is -1.21. The van der Waals surface area contributed by atoms with Crippen LogP contribution in [0.3, 0.4) is 0 Å². The van der Waals surface area contributed by atoms with Gasteiger partial charge in [-0.15, -0.1) is 0 Å². The van der Waals surface area contributed by atoms with Gasteiger partial charge in [0.15, 0.2) is 37.7 Å². The van der Waals surface area contributed by atoms with Crippen LogP contribution in [0.2, 0.25) is 0 Å². The number of allylic oxidation sites excluding steroid dienone is 3. The number of fused-ring (bicyclic) bond motifs is 5. The highest BCUT2D eigenvalue weighted by atomic mass is 16.8. The number of hydrogen-bond donors (Lipinski definition) is 10. The predicted molar refractivity (Wildman–Crippen MR) is 349 cm³/mol. The zero-order chi connectivity index (χ0) is 73.6. The van der Waals surface area contributed by atoms with E-state index in [4.69, 9.17) is 85.3 Å². The number of aliphatic hydroxyl groups excluding tert-OH is 9. The molecule has 6 saturated heterocycles. The lowest BCUT2D eigenvalue weighted by Gasteiger charge is -2.63. The molecule has 10 rings (SSSR count). The summed E-state index contributed by atoms with van der Waals surface area (Å²) in [5.41, 5.74) is -0.176. The average Bonchev–Trinajstić information content (AvgIpc) is 1.62. The van der Waals surface area contributed by atoms with Crippen molar-refractivity contribution in [1.29, 1.82) is 0 Å². The number of methoxy groups -OCH3 is 4. The van der Waals surface area contributed by atoms with Crippen LogP contribution in [0.5, 0.6) is 0 Å². The third-order valence-corrected chi connectivity index (χ3v) is 24.4. The molecule has 9 fully saturated rings. The van der Waals surface area contributed by atoms with Crippen molar-refractivity contribution in [2.45, 2.75) is 330 Å². The molecule has 578 valence electrons. The highest BCUT2D eigenvalue weighted by Crippen LogP contribution is 2.69. The van der Waals surface area contributed by atoms with Crippen LogP contribution in [-0.2, 0) is 94.9 Å². The summed E-state index contributed by atoms with van der Waals surface area (Å²) in [7, 11) is 5.82. The van der Waals surface area contributed by atoms with Crippen LogP contribution in [-0.4, -0.2) is 301 Å². The normalized spacial score (nSPS) is 49.4. The van der Waals surface area contributed by atoms with Crippen molar-refractivity contribution in [2.24, 2.45) is 28.6 Å². The second kappa shape index (κ2) is 33.3. The second-order valence-corrected chi connectivity index (χ2v) is 29.9. The van der Waals surface area contributed by atoms with E-state index in [-0.39, 0.29) is 35.7 Å². The van der Waals surface area contributed by atoms with Gasteiger partial charge in [0, 0.05) is 63.8 Å². The van der Waals surface area contributed by atoms with Crippen LogP contribution < -0.4 is 0 Å². The first-order chi connectivity index (χ1) is 47.9. The molecule has 37 atom stereocenters. The fraction of sp³-hybridized carbons (Fsp3) is 0.887. The molecule has 6 aliphatic heterocycles. The molecule has 10 aliphatic rings. The standard InChI is InChI=1S/C71H114O30/c1-16-30(3)63(81)90-32(5)39-21-23-71(83)40-19-18-37-24-38(20-22-69(37,10)41(40)25-46(70(39,71)11)96-64(82)31(4)17-2)93-47-26-42(84-12)56(33(6)88-47)97-48-27-43(85-13)57(34(7)89-48)98-67-54(79)61(86-14)59(36(9)91-67)100-68-55(80)62(87-15)58(35(8)92-68)99-66-53(78)51(76)60(45(29-73)95-66)101-65-52(77)50(75)49(74)44(28-72)94-65/h16-18,32-36,38-62,65-68,72-80,83H,19-29H2,1-15H3/b30-16+,31-17+/t32-,33-,34-,35-,36-,38+,39-,40-,41+,42+,43+,44-,45-,46-,47+,48+,49-,50+,51-,52-,53-,54-,55-,56+,57+,58-,59-,60-,61-,62+,65+,66+,67+,68+,69+,70+,71+/m1/s1. The Morgan fingerprint density at radius 1 is 0.545 bits per heavy atom. The largest absolute Gasteiger partial charge is 0.459 e. The SMILES string of the molecule is C/C=C(\C)C(=O)O[C@H](C)[C@H]1CC[C@]2(O)[C@@H]3CC=C4C[C@@H](O[C@H]5C[C@H](OC)[C@@H](O[C@H]6C[C@H](OC)[C@@H](O[C@@H]7O[C@H](C)[C@@H](O[C@@H]8O[C@H](C)[C@@H](O[C@@H]9O[C@H](CO)[C@@H](O[C@@H]%10O[C@H](CO)[C@@H](O)[C@H](O)[C@H]%10O)[C@H](O)[C@H]9O)[C@@H](OC)[C@H]8O)[C@H](OC)[C@H]7O)[C@@H](C)O6)[C@@H](C)O5)CC[C@]4(C)[C@H]3C[C@@H](OC(=O)/C(C)=C/C)[C@]12C. The van der Waals surface area contributed by atoms with Crippen molar-refractivity contribution >= 4 is 11.9 Å². The molecular weight excluding hydrogens is 1330 g/mol. The Kier molecular flexibility index (Phi) is 26.6. The van der Waals surface area contributed by atoms with Crippen LogP contribution in [0.4, 0.5) is 0 Å². The minimum Gasteiger partial charge on any atom is -0.459 e. The van der Waals surface area contributed by atoms with Gasteiger partial charge in [-0.3, -0.25) is 0 Å². The molecule has 30 heteroatoms. The first-order valence-electron chi connectivity index (χ1n) is 35.9. The van der Waals surface area contributed by atoms with Crippen molar-refractivity contribution in [1.82, 2.24) is 0 Å². The number of ether oxygens (including phenoxy) is 18. The van der Waals surface area contributed by atoms with Crippen LogP contribution >= 0.6 is 0 Å². The van der Waals surface area contributed by atoms with Gasteiger partial charge in [-0.1, -0.05) is 37.6 Å². The van der Waals surface area contributed by atoms with E-state index >= 15 is 0 Å². The summed E-state index contributed by atoms with van der Waals surface area (Å²) in [4.78, 5) is 26.8. The first kappa shape index (κ1) is 80.7. The lowest BCUT2D eigenvalue weighted by atomic mass is 9.44. The highest BCUT2D eigenvalue weighted by molar-refractivity contribution is 5.88. The Morgan fingerprint density at radius 2 is 1.03 bits per heavy atom. The summed E-state index contributed by atoms with van der Waals surface area (Å²) in [6.45, 7) is 18.6. The number of aliphatic hydroxyl groups is 10. The molecule has 10 N–H and O–H groups in total. The van der Waals surface area contributed by atoms with Crippen LogP contribution in [0.1, 0.15) is 134 Å². The van der Waals surface area contributed by atoms with Crippen molar-refractivity contribution in [3.63, 3.8) is 0 Å². The van der Waals surface area contributed by atoms with E-state index in [9.17, 15) is 60.7 Å². The number of esters is 2. The fourth-order valence-electron chi connectivity index (χ4n) is 18.1. The summed E-state index contributed by atoms with van der Waals surface area (Å²) in [5, 5.41) is 111. The molecule has 6 heterocycles. The van der Waals surface area contributed by atoms with Gasteiger partial charge in [0.2, 0.25) is 0 Å². The molecule has 0 aromatic heterocycles. The zero-order valence-corrected chi connectivity index (χ0v) is 60.8. The number of rotatable bonds is 23. The minimum absolute atomic E-state index is 0.00596. The summed E-state index contributed by atoms with van der Waals surface area (Å²) >= 11 is 0. The van der Waals surface area contributed by atoms with Crippen molar-refractivity contribution in [3.05, 3.63) is 34.9 Å². The van der Waals surface area contributed by atoms with Crippen molar-refractivity contribution in [3.8, 4) is 0 Å². The van der Waals surface area contributed by atoms with Gasteiger partial charge in [-0.25, -0.2) is 9.59 Å². The molecule has 101 heavy (non-hydrogen) atoms. The highest BCUT2D eigenvalue weighted by Gasteiger charge is 2.72. The van der Waals surface area contributed by atoms with Gasteiger partial charge in [0.05, 0.1) is 61.5 Å². The smallest absolute Gasteiger partial charge is 0.333 e. The molecule has 0 amide bonds. The summed E-state index contributed by atoms with van der Waals surface area (Å²) < 4.78 is 111. The van der Waals surface area contributed by atoms with Gasteiger partial charge < -0.3 is 136 Å². The molecule has 3 saturated carbocycles. The summed E-state index contributed by atoms with van der Waals surface area (Å²) in [6.07, 6.45) is -25.0. The second-order valence-electron chi connectivity index (χ2n) is 29.9. The van der Waals surface area contributed by atoms with Crippen LogP contribution in [0.25, 0.3) is 0 Å². The molecule has 0 bridgehead atoms. The summed E-state index contributed by atoms with van der Waals surface area (Å²) in [6, 6.07) is 0. The minimum atomic E-state index is -1.90. The topological polar surface area (TPSA) is 403 Å². The Labute approximate surface area is 590 Å². The van der Waals surface area contributed by atoms with E-state index in [0.717, 1.165) is 12.8 Å². The Balaban J connectivity index is 0.716. The molecular formula is C71H114O30. The third kappa shape index (κ3) is 15.6. The van der Waals surface area contributed by atoms with Crippen LogP contribution in [0.15, 0.2) is 34.9 Å². The maximum atomic E-state index is 13.7. The van der Waals surface area contributed by atoms with Gasteiger partial charge >= 0.3 is 11.9 Å². The molecule has 0 aromatic carbocycles. The number of carbonyl (C=O) groups is 2. The van der Waals surface area contributed by atoms with E-state index in [0.29, 0.717) is 49.7 Å². The molecule has 4 aliphatic carbocycles. The molecule has 0 radical (unpaired) electrons. The lowest BCUT2D eigenvalue weighted by molar-refractivity contribution is -0.389.